The van der Waals surface area contributed by atoms with Crippen LogP contribution in [0.5, 0.6) is 0 Å². The minimum Gasteiger partial charge on any atom is -0.384 e. The number of ether oxygens (including phenoxy) is 1. The van der Waals surface area contributed by atoms with Gasteiger partial charge in [0, 0.05) is 26.8 Å². The van der Waals surface area contributed by atoms with Gasteiger partial charge in [0.1, 0.15) is 6.54 Å². The van der Waals surface area contributed by atoms with Gasteiger partial charge in [-0.1, -0.05) is 0 Å². The normalized spacial score (nSPS) is 18.2. The number of amides is 2. The lowest BCUT2D eigenvalue weighted by Crippen LogP contribution is -2.47. The number of hydrogen-bond acceptors (Lipinski definition) is 2. The Morgan fingerprint density at radius 2 is 2.00 bits per heavy atom. The van der Waals surface area contributed by atoms with Gasteiger partial charge >= 0.3 is 12.2 Å². The summed E-state index contributed by atoms with van der Waals surface area (Å²) in [6.45, 7) is 0.331. The monoisotopic (exact) mass is 254 g/mol. The molecule has 1 N–H and O–H groups in total. The SMILES string of the molecule is COCC1CCN(C(=O)NCC(F)(F)F)CC1. The van der Waals surface area contributed by atoms with E-state index >= 15 is 0 Å². The van der Waals surface area contributed by atoms with Gasteiger partial charge in [-0.2, -0.15) is 13.2 Å². The predicted octanol–water partition coefficient (Wildman–Crippen LogP) is 1.62. The van der Waals surface area contributed by atoms with Crippen LogP contribution in [0.4, 0.5) is 18.0 Å². The van der Waals surface area contributed by atoms with Gasteiger partial charge in [0.15, 0.2) is 0 Å². The second-order valence-corrected chi connectivity index (χ2v) is 4.16. The van der Waals surface area contributed by atoms with Crippen LogP contribution in [0.2, 0.25) is 0 Å². The molecule has 0 aromatic carbocycles. The molecule has 1 heterocycles. The number of carbonyl (C=O) groups excluding carboxylic acids is 1. The summed E-state index contributed by atoms with van der Waals surface area (Å²) in [4.78, 5) is 12.8. The highest BCUT2D eigenvalue weighted by Gasteiger charge is 2.29. The Morgan fingerprint density at radius 3 is 2.47 bits per heavy atom. The molecule has 1 aliphatic heterocycles. The van der Waals surface area contributed by atoms with Crippen molar-refractivity contribution in [1.82, 2.24) is 10.2 Å². The van der Waals surface area contributed by atoms with Gasteiger partial charge in [0.2, 0.25) is 0 Å². The number of carbonyl (C=O) groups is 1. The molecule has 1 rings (SSSR count). The highest BCUT2D eigenvalue weighted by Crippen LogP contribution is 2.18. The van der Waals surface area contributed by atoms with Crippen LogP contribution in [0.1, 0.15) is 12.8 Å². The minimum atomic E-state index is -4.36. The van der Waals surface area contributed by atoms with Crippen molar-refractivity contribution < 1.29 is 22.7 Å². The van der Waals surface area contributed by atoms with Crippen molar-refractivity contribution in [2.75, 3.05) is 33.4 Å². The third-order valence-corrected chi connectivity index (χ3v) is 2.74. The van der Waals surface area contributed by atoms with Crippen LogP contribution >= 0.6 is 0 Å². The number of hydrogen-bond donors (Lipinski definition) is 1. The van der Waals surface area contributed by atoms with Gasteiger partial charge in [-0.05, 0) is 18.8 Å². The van der Waals surface area contributed by atoms with Crippen molar-refractivity contribution in [2.45, 2.75) is 19.0 Å². The summed E-state index contributed by atoms with van der Waals surface area (Å²) in [6.07, 6.45) is -2.81. The van der Waals surface area contributed by atoms with E-state index in [-0.39, 0.29) is 0 Å². The van der Waals surface area contributed by atoms with E-state index in [4.69, 9.17) is 4.74 Å². The molecule has 4 nitrogen and oxygen atoms in total. The number of nitrogens with one attached hydrogen (secondary N) is 1. The van der Waals surface area contributed by atoms with Gasteiger partial charge in [0.25, 0.3) is 0 Å². The molecule has 17 heavy (non-hydrogen) atoms. The summed E-state index contributed by atoms with van der Waals surface area (Å²) in [6, 6.07) is -0.641. The largest absolute Gasteiger partial charge is 0.405 e. The summed E-state index contributed by atoms with van der Waals surface area (Å²) in [5, 5.41) is 1.87. The molecule has 0 bridgehead atoms. The Morgan fingerprint density at radius 1 is 1.41 bits per heavy atom. The average Bonchev–Trinajstić information content (AvgIpc) is 2.26. The van der Waals surface area contributed by atoms with Crippen LogP contribution in [0.3, 0.4) is 0 Å². The Hall–Kier alpha value is -0.980. The maximum atomic E-state index is 11.9. The van der Waals surface area contributed by atoms with Crippen molar-refractivity contribution in [3.05, 3.63) is 0 Å². The smallest absolute Gasteiger partial charge is 0.384 e. The Balaban J connectivity index is 2.26. The standard InChI is InChI=1S/C10H17F3N2O2/c1-17-6-8-2-4-15(5-3-8)9(16)14-7-10(11,12)13/h8H,2-7H2,1H3,(H,14,16). The zero-order valence-electron chi connectivity index (χ0n) is 9.72. The summed E-state index contributed by atoms with van der Waals surface area (Å²) >= 11 is 0. The van der Waals surface area contributed by atoms with Crippen LogP contribution in [-0.4, -0.2) is 50.5 Å². The van der Waals surface area contributed by atoms with Crippen molar-refractivity contribution in [3.63, 3.8) is 0 Å². The molecule has 100 valence electrons. The van der Waals surface area contributed by atoms with Gasteiger partial charge in [-0.3, -0.25) is 0 Å². The first-order valence-electron chi connectivity index (χ1n) is 5.51. The summed E-state index contributed by atoms with van der Waals surface area (Å²) < 4.78 is 40.7. The zero-order chi connectivity index (χ0) is 12.9. The van der Waals surface area contributed by atoms with E-state index in [1.807, 2.05) is 5.32 Å². The second kappa shape index (κ2) is 6.09. The lowest BCUT2D eigenvalue weighted by atomic mass is 9.98. The van der Waals surface area contributed by atoms with E-state index < -0.39 is 18.8 Å². The van der Waals surface area contributed by atoms with Gasteiger partial charge in [0.05, 0.1) is 0 Å². The van der Waals surface area contributed by atoms with Crippen molar-refractivity contribution in [1.29, 1.82) is 0 Å². The quantitative estimate of drug-likeness (QED) is 0.831. The third-order valence-electron chi connectivity index (χ3n) is 2.74. The zero-order valence-corrected chi connectivity index (χ0v) is 9.72. The van der Waals surface area contributed by atoms with Crippen LogP contribution < -0.4 is 5.32 Å². The molecule has 0 radical (unpaired) electrons. The molecule has 0 atom stereocenters. The predicted molar refractivity (Wildman–Crippen MR) is 55.6 cm³/mol. The number of rotatable bonds is 3. The molecule has 7 heteroatoms. The van der Waals surface area contributed by atoms with Gasteiger partial charge < -0.3 is 15.0 Å². The van der Waals surface area contributed by atoms with Crippen molar-refractivity contribution >= 4 is 6.03 Å². The summed E-state index contributed by atoms with van der Waals surface area (Å²) in [7, 11) is 1.61. The van der Waals surface area contributed by atoms with Crippen molar-refractivity contribution in [3.8, 4) is 0 Å². The third kappa shape index (κ3) is 5.25. The lowest BCUT2D eigenvalue weighted by molar-refractivity contribution is -0.123. The fourth-order valence-electron chi connectivity index (χ4n) is 1.83. The van der Waals surface area contributed by atoms with Crippen LogP contribution in [-0.2, 0) is 4.74 Å². The molecule has 0 spiro atoms. The number of halogens is 3. The minimum absolute atomic E-state index is 0.395. The summed E-state index contributed by atoms with van der Waals surface area (Å²) in [5.74, 6) is 0.395. The van der Waals surface area contributed by atoms with Gasteiger partial charge in [-0.25, -0.2) is 4.79 Å². The molecule has 0 unspecified atom stereocenters. The Labute approximate surface area is 98.1 Å². The van der Waals surface area contributed by atoms with E-state index in [1.54, 1.807) is 7.11 Å². The summed E-state index contributed by atoms with van der Waals surface area (Å²) in [5.41, 5.74) is 0. The van der Waals surface area contributed by atoms with Crippen LogP contribution in [0, 0.1) is 5.92 Å². The first-order chi connectivity index (χ1) is 7.92. The molecule has 0 aliphatic carbocycles. The average molecular weight is 254 g/mol. The molecule has 0 aromatic heterocycles. The first kappa shape index (κ1) is 14.1. The number of likely N-dealkylation sites (tertiary alicyclic amines) is 1. The van der Waals surface area contributed by atoms with E-state index in [9.17, 15) is 18.0 Å². The number of alkyl halides is 3. The molecule has 1 aliphatic rings. The fraction of sp³-hybridized carbons (Fsp3) is 0.900. The first-order valence-corrected chi connectivity index (χ1v) is 5.51. The van der Waals surface area contributed by atoms with Crippen LogP contribution in [0.15, 0.2) is 0 Å². The number of piperidine rings is 1. The highest BCUT2D eigenvalue weighted by molar-refractivity contribution is 5.74. The second-order valence-electron chi connectivity index (χ2n) is 4.16. The maximum absolute atomic E-state index is 11.9. The Kier molecular flexibility index (Phi) is 5.04. The lowest BCUT2D eigenvalue weighted by Gasteiger charge is -2.31. The fourth-order valence-corrected chi connectivity index (χ4v) is 1.83. The van der Waals surface area contributed by atoms with Gasteiger partial charge in [-0.15, -0.1) is 0 Å². The van der Waals surface area contributed by atoms with Crippen molar-refractivity contribution in [2.24, 2.45) is 5.92 Å². The molecule has 1 fully saturated rings. The van der Waals surface area contributed by atoms with E-state index in [2.05, 4.69) is 0 Å². The van der Waals surface area contributed by atoms with E-state index in [0.717, 1.165) is 12.8 Å². The maximum Gasteiger partial charge on any atom is 0.405 e. The van der Waals surface area contributed by atoms with E-state index in [0.29, 0.717) is 25.6 Å². The molecular formula is C10H17F3N2O2. The Bertz CT molecular complexity index is 250. The molecule has 0 aromatic rings. The molecule has 0 saturated carbocycles. The van der Waals surface area contributed by atoms with E-state index in [1.165, 1.54) is 4.90 Å². The number of urea groups is 1. The number of nitrogens with zero attached hydrogens (tertiary/aromatic N) is 1. The van der Waals surface area contributed by atoms with Crippen LogP contribution in [0.25, 0.3) is 0 Å². The molecule has 1 saturated heterocycles. The number of methoxy groups -OCH3 is 1. The topological polar surface area (TPSA) is 41.6 Å². The molecular weight excluding hydrogens is 237 g/mol. The molecule has 2 amide bonds. The highest BCUT2D eigenvalue weighted by atomic mass is 19.4.